The van der Waals surface area contributed by atoms with Crippen molar-refractivity contribution in [2.75, 3.05) is 17.3 Å². The minimum absolute atomic E-state index is 0.632. The summed E-state index contributed by atoms with van der Waals surface area (Å²) in [6.07, 6.45) is 4.81. The molecule has 4 heteroatoms. The van der Waals surface area contributed by atoms with Crippen LogP contribution in [-0.4, -0.2) is 28.4 Å². The van der Waals surface area contributed by atoms with Crippen LogP contribution in [0.15, 0.2) is 6.07 Å². The number of aromatic nitrogens is 2. The largest absolute Gasteiger partial charge is 0.352 e. The van der Waals surface area contributed by atoms with Gasteiger partial charge in [-0.2, -0.15) is 0 Å². The van der Waals surface area contributed by atoms with Gasteiger partial charge in [0.1, 0.15) is 11.6 Å². The van der Waals surface area contributed by atoms with Crippen molar-refractivity contribution in [2.24, 2.45) is 0 Å². The highest BCUT2D eigenvalue weighted by molar-refractivity contribution is 6.18. The molecule has 0 atom stereocenters. The van der Waals surface area contributed by atoms with Gasteiger partial charge in [0.2, 0.25) is 0 Å². The lowest BCUT2D eigenvalue weighted by molar-refractivity contribution is 0.388. The molecule has 1 aromatic heterocycles. The molecule has 1 heterocycles. The molecule has 0 spiro atoms. The zero-order chi connectivity index (χ0) is 12.3. The molecule has 94 valence electrons. The van der Waals surface area contributed by atoms with E-state index in [-0.39, 0.29) is 0 Å². The maximum Gasteiger partial charge on any atom is 0.132 e. The second kappa shape index (κ2) is 5.67. The van der Waals surface area contributed by atoms with E-state index in [0.717, 1.165) is 30.3 Å². The van der Waals surface area contributed by atoms with E-state index in [0.29, 0.717) is 11.9 Å². The van der Waals surface area contributed by atoms with Crippen LogP contribution in [0.2, 0.25) is 0 Å². The minimum Gasteiger partial charge on any atom is -0.352 e. The van der Waals surface area contributed by atoms with Gasteiger partial charge in [-0.15, -0.1) is 11.6 Å². The average molecular weight is 254 g/mol. The van der Waals surface area contributed by atoms with Crippen molar-refractivity contribution in [3.63, 3.8) is 0 Å². The molecule has 2 rings (SSSR count). The Bertz CT molecular complexity index is 377. The molecule has 1 aromatic rings. The van der Waals surface area contributed by atoms with Gasteiger partial charge in [0.25, 0.3) is 0 Å². The summed E-state index contributed by atoms with van der Waals surface area (Å²) in [5, 5.41) is 0. The number of hydrogen-bond acceptors (Lipinski definition) is 3. The van der Waals surface area contributed by atoms with E-state index in [1.165, 1.54) is 19.3 Å². The molecule has 1 aliphatic rings. The number of anilines is 1. The lowest BCUT2D eigenvalue weighted by atomic mass is 9.91. The van der Waals surface area contributed by atoms with Gasteiger partial charge in [-0.3, -0.25) is 0 Å². The highest BCUT2D eigenvalue weighted by Crippen LogP contribution is 2.28. The molecule has 0 bridgehead atoms. The van der Waals surface area contributed by atoms with Crippen LogP contribution in [0.1, 0.15) is 37.7 Å². The van der Waals surface area contributed by atoms with Crippen molar-refractivity contribution in [3.8, 4) is 0 Å². The van der Waals surface area contributed by atoms with Crippen molar-refractivity contribution < 1.29 is 0 Å². The first kappa shape index (κ1) is 12.6. The quantitative estimate of drug-likeness (QED) is 0.756. The molecule has 0 aromatic carbocycles. The molecule has 0 saturated heterocycles. The van der Waals surface area contributed by atoms with Gasteiger partial charge in [-0.05, 0) is 32.6 Å². The van der Waals surface area contributed by atoms with E-state index in [1.54, 1.807) is 0 Å². The fourth-order valence-electron chi connectivity index (χ4n) is 2.21. The van der Waals surface area contributed by atoms with Gasteiger partial charge in [0.05, 0.1) is 0 Å². The standard InChI is InChI=1S/C13H20ClN3/c1-3-11-9-13(16-10(2)15-11)17(8-7-14)12-5-4-6-12/h9,12H,3-8H2,1-2H3. The van der Waals surface area contributed by atoms with Crippen LogP contribution in [0.4, 0.5) is 5.82 Å². The van der Waals surface area contributed by atoms with E-state index in [2.05, 4.69) is 27.9 Å². The van der Waals surface area contributed by atoms with Gasteiger partial charge in [0.15, 0.2) is 0 Å². The van der Waals surface area contributed by atoms with Gasteiger partial charge in [-0.1, -0.05) is 6.92 Å². The van der Waals surface area contributed by atoms with Gasteiger partial charge in [-0.25, -0.2) is 9.97 Å². The van der Waals surface area contributed by atoms with Crippen LogP contribution in [0.25, 0.3) is 0 Å². The third-order valence-electron chi connectivity index (χ3n) is 3.37. The molecule has 17 heavy (non-hydrogen) atoms. The number of aryl methyl sites for hydroxylation is 2. The van der Waals surface area contributed by atoms with E-state index in [1.807, 2.05) is 6.92 Å². The summed E-state index contributed by atoms with van der Waals surface area (Å²) in [5.74, 6) is 2.57. The van der Waals surface area contributed by atoms with Crippen LogP contribution in [-0.2, 0) is 6.42 Å². The van der Waals surface area contributed by atoms with Crippen LogP contribution >= 0.6 is 11.6 Å². The highest BCUT2D eigenvalue weighted by atomic mass is 35.5. The first-order valence-electron chi connectivity index (χ1n) is 6.41. The highest BCUT2D eigenvalue weighted by Gasteiger charge is 2.25. The Morgan fingerprint density at radius 3 is 2.71 bits per heavy atom. The molecular weight excluding hydrogens is 234 g/mol. The Balaban J connectivity index is 2.24. The van der Waals surface area contributed by atoms with Gasteiger partial charge < -0.3 is 4.90 Å². The average Bonchev–Trinajstić information content (AvgIpc) is 2.25. The van der Waals surface area contributed by atoms with E-state index in [4.69, 9.17) is 11.6 Å². The maximum absolute atomic E-state index is 5.90. The maximum atomic E-state index is 5.90. The van der Waals surface area contributed by atoms with Crippen molar-refractivity contribution >= 4 is 17.4 Å². The molecule has 0 amide bonds. The number of hydrogen-bond donors (Lipinski definition) is 0. The normalized spacial score (nSPS) is 15.7. The summed E-state index contributed by atoms with van der Waals surface area (Å²) >= 11 is 5.90. The zero-order valence-corrected chi connectivity index (χ0v) is 11.4. The Morgan fingerprint density at radius 1 is 1.41 bits per heavy atom. The summed E-state index contributed by atoms with van der Waals surface area (Å²) in [7, 11) is 0. The molecule has 0 radical (unpaired) electrons. The molecule has 1 fully saturated rings. The second-order valence-electron chi connectivity index (χ2n) is 4.59. The van der Waals surface area contributed by atoms with Crippen molar-refractivity contribution in [1.29, 1.82) is 0 Å². The summed E-state index contributed by atoms with van der Waals surface area (Å²) in [4.78, 5) is 11.3. The summed E-state index contributed by atoms with van der Waals surface area (Å²) in [6.45, 7) is 4.97. The van der Waals surface area contributed by atoms with E-state index < -0.39 is 0 Å². The smallest absolute Gasteiger partial charge is 0.132 e. The number of alkyl halides is 1. The van der Waals surface area contributed by atoms with Crippen LogP contribution in [0, 0.1) is 6.92 Å². The topological polar surface area (TPSA) is 29.0 Å². The van der Waals surface area contributed by atoms with E-state index in [9.17, 15) is 0 Å². The first-order chi connectivity index (χ1) is 8.24. The summed E-state index contributed by atoms with van der Waals surface area (Å²) in [5.41, 5.74) is 1.12. The van der Waals surface area contributed by atoms with E-state index >= 15 is 0 Å². The molecule has 0 unspecified atom stereocenters. The van der Waals surface area contributed by atoms with Crippen LogP contribution in [0.5, 0.6) is 0 Å². The Morgan fingerprint density at radius 2 is 2.18 bits per heavy atom. The molecule has 1 saturated carbocycles. The minimum atomic E-state index is 0.632. The Labute approximate surface area is 108 Å². The monoisotopic (exact) mass is 253 g/mol. The predicted octanol–water partition coefficient (Wildman–Crippen LogP) is 2.95. The van der Waals surface area contributed by atoms with Gasteiger partial charge in [0, 0.05) is 30.2 Å². The Hall–Kier alpha value is -0.830. The summed E-state index contributed by atoms with van der Waals surface area (Å²) < 4.78 is 0. The number of halogens is 1. The Kier molecular flexibility index (Phi) is 4.21. The molecule has 0 N–H and O–H groups in total. The predicted molar refractivity (Wildman–Crippen MR) is 71.9 cm³/mol. The fraction of sp³-hybridized carbons (Fsp3) is 0.692. The summed E-state index contributed by atoms with van der Waals surface area (Å²) in [6, 6.07) is 2.74. The molecule has 1 aliphatic carbocycles. The zero-order valence-electron chi connectivity index (χ0n) is 10.6. The number of rotatable bonds is 5. The van der Waals surface area contributed by atoms with Gasteiger partial charge >= 0.3 is 0 Å². The first-order valence-corrected chi connectivity index (χ1v) is 6.95. The van der Waals surface area contributed by atoms with Crippen LogP contribution in [0.3, 0.4) is 0 Å². The third kappa shape index (κ3) is 2.89. The lowest BCUT2D eigenvalue weighted by Gasteiger charge is -2.38. The third-order valence-corrected chi connectivity index (χ3v) is 3.54. The van der Waals surface area contributed by atoms with Crippen molar-refractivity contribution in [2.45, 2.75) is 45.6 Å². The van der Waals surface area contributed by atoms with Crippen molar-refractivity contribution in [3.05, 3.63) is 17.6 Å². The fourth-order valence-corrected chi connectivity index (χ4v) is 2.40. The van der Waals surface area contributed by atoms with Crippen LogP contribution < -0.4 is 4.90 Å². The SMILES string of the molecule is CCc1cc(N(CCCl)C2CCC2)nc(C)n1. The molecule has 0 aliphatic heterocycles. The second-order valence-corrected chi connectivity index (χ2v) is 4.96. The number of nitrogens with zero attached hydrogens (tertiary/aromatic N) is 3. The molecular formula is C13H20ClN3. The molecule has 3 nitrogen and oxygen atoms in total. The van der Waals surface area contributed by atoms with Crippen molar-refractivity contribution in [1.82, 2.24) is 9.97 Å². The lowest BCUT2D eigenvalue weighted by Crippen LogP contribution is -2.42.